The van der Waals surface area contributed by atoms with Crippen LogP contribution < -0.4 is 10.6 Å². The Morgan fingerprint density at radius 2 is 1.10 bits per heavy atom. The standard InChI is InChI=1S/2C7H15NO.2ClH/c2*1-2-3-6-4-8-5-7(6)9;;/h2*6-9H,2-5H2,1H3;2*1H/t2*6-,7+;;/m10../s1. The molecule has 2 aliphatic rings. The van der Waals surface area contributed by atoms with Gasteiger partial charge in [-0.05, 0) is 24.7 Å². The Morgan fingerprint density at radius 3 is 1.30 bits per heavy atom. The lowest BCUT2D eigenvalue weighted by molar-refractivity contribution is 0.142. The molecule has 0 unspecified atom stereocenters. The average Bonchev–Trinajstić information content (AvgIpc) is 2.92. The first-order valence-electron chi connectivity index (χ1n) is 7.46. The molecule has 0 saturated carbocycles. The highest BCUT2D eigenvalue weighted by molar-refractivity contribution is 5.85. The molecule has 4 N–H and O–H groups in total. The third-order valence-corrected chi connectivity index (χ3v) is 3.93. The summed E-state index contributed by atoms with van der Waals surface area (Å²) in [7, 11) is 0. The highest BCUT2D eigenvalue weighted by atomic mass is 35.5. The van der Waals surface area contributed by atoms with Gasteiger partial charge in [0.2, 0.25) is 0 Å². The van der Waals surface area contributed by atoms with Gasteiger partial charge in [-0.3, -0.25) is 0 Å². The predicted octanol–water partition coefficient (Wildman–Crippen LogP) is 1.58. The molecule has 2 rings (SSSR count). The Hall–Kier alpha value is 0.420. The second-order valence-corrected chi connectivity index (χ2v) is 5.55. The number of aliphatic hydroxyl groups excluding tert-OH is 2. The number of nitrogens with one attached hydrogen (secondary N) is 2. The summed E-state index contributed by atoms with van der Waals surface area (Å²) in [6, 6.07) is 0. The van der Waals surface area contributed by atoms with Crippen molar-refractivity contribution in [2.45, 2.75) is 51.7 Å². The topological polar surface area (TPSA) is 64.5 Å². The summed E-state index contributed by atoms with van der Waals surface area (Å²) in [6.45, 7) is 7.93. The van der Waals surface area contributed by atoms with Crippen LogP contribution in [0.25, 0.3) is 0 Å². The molecular formula is C14H32Cl2N2O2. The lowest BCUT2D eigenvalue weighted by atomic mass is 10.0. The van der Waals surface area contributed by atoms with Gasteiger partial charge in [-0.2, -0.15) is 0 Å². The molecule has 0 bridgehead atoms. The fourth-order valence-corrected chi connectivity index (χ4v) is 2.77. The van der Waals surface area contributed by atoms with E-state index in [9.17, 15) is 10.2 Å². The van der Waals surface area contributed by atoms with Gasteiger partial charge in [-0.15, -0.1) is 24.8 Å². The first kappa shape index (κ1) is 22.7. The van der Waals surface area contributed by atoms with E-state index in [4.69, 9.17) is 0 Å². The zero-order valence-corrected chi connectivity index (χ0v) is 14.3. The van der Waals surface area contributed by atoms with E-state index in [1.807, 2.05) is 0 Å². The molecule has 4 atom stereocenters. The Morgan fingerprint density at radius 1 is 0.750 bits per heavy atom. The highest BCUT2D eigenvalue weighted by Crippen LogP contribution is 2.14. The minimum atomic E-state index is -0.0788. The molecule has 0 radical (unpaired) electrons. The first-order chi connectivity index (χ1) is 8.69. The lowest BCUT2D eigenvalue weighted by Gasteiger charge is -2.10. The molecule has 124 valence electrons. The monoisotopic (exact) mass is 330 g/mol. The van der Waals surface area contributed by atoms with Crippen LogP contribution in [0.3, 0.4) is 0 Å². The second-order valence-electron chi connectivity index (χ2n) is 5.55. The van der Waals surface area contributed by atoms with Gasteiger partial charge >= 0.3 is 0 Å². The molecule has 20 heavy (non-hydrogen) atoms. The predicted molar refractivity (Wildman–Crippen MR) is 89.0 cm³/mol. The van der Waals surface area contributed by atoms with Gasteiger partial charge < -0.3 is 20.8 Å². The van der Waals surface area contributed by atoms with Crippen LogP contribution in [0.5, 0.6) is 0 Å². The van der Waals surface area contributed by atoms with Crippen LogP contribution in [0, 0.1) is 11.8 Å². The number of rotatable bonds is 4. The molecule has 2 heterocycles. The van der Waals surface area contributed by atoms with Crippen LogP contribution in [-0.2, 0) is 0 Å². The van der Waals surface area contributed by atoms with Crippen LogP contribution in [0.1, 0.15) is 39.5 Å². The van der Waals surface area contributed by atoms with E-state index in [1.165, 1.54) is 12.8 Å². The van der Waals surface area contributed by atoms with E-state index in [1.54, 1.807) is 0 Å². The highest BCUT2D eigenvalue weighted by Gasteiger charge is 2.23. The SMILES string of the molecule is CCC[C@@H]1CNC[C@@H]1O.CCC[C@H]1CNC[C@H]1O.Cl.Cl. The quantitative estimate of drug-likeness (QED) is 0.632. The fraction of sp³-hybridized carbons (Fsp3) is 1.00. The zero-order valence-electron chi connectivity index (χ0n) is 12.7. The van der Waals surface area contributed by atoms with Crippen molar-refractivity contribution in [2.75, 3.05) is 26.2 Å². The van der Waals surface area contributed by atoms with Gasteiger partial charge in [0.15, 0.2) is 0 Å². The molecule has 4 nitrogen and oxygen atoms in total. The Kier molecular flexibility index (Phi) is 14.9. The van der Waals surface area contributed by atoms with Crippen molar-refractivity contribution >= 4 is 24.8 Å². The van der Waals surface area contributed by atoms with Crippen molar-refractivity contribution in [3.8, 4) is 0 Å². The second kappa shape index (κ2) is 13.1. The van der Waals surface area contributed by atoms with Crippen LogP contribution >= 0.6 is 24.8 Å². The summed E-state index contributed by atoms with van der Waals surface area (Å²) in [4.78, 5) is 0. The van der Waals surface area contributed by atoms with Crippen LogP contribution in [0.15, 0.2) is 0 Å². The van der Waals surface area contributed by atoms with E-state index in [0.717, 1.165) is 39.0 Å². The largest absolute Gasteiger partial charge is 0.391 e. The van der Waals surface area contributed by atoms with Gasteiger partial charge in [-0.25, -0.2) is 0 Å². The van der Waals surface area contributed by atoms with Crippen molar-refractivity contribution in [1.29, 1.82) is 0 Å². The maximum Gasteiger partial charge on any atom is 0.0704 e. The molecule has 2 aliphatic heterocycles. The van der Waals surface area contributed by atoms with E-state index in [0.29, 0.717) is 11.8 Å². The van der Waals surface area contributed by atoms with E-state index in [-0.39, 0.29) is 37.0 Å². The zero-order chi connectivity index (χ0) is 13.4. The molecule has 0 spiro atoms. The van der Waals surface area contributed by atoms with Gasteiger partial charge in [0.05, 0.1) is 12.2 Å². The molecule has 0 aromatic carbocycles. The normalized spacial score (nSPS) is 31.8. The maximum atomic E-state index is 9.26. The number of halogens is 2. The molecule has 6 heteroatoms. The molecule has 0 aliphatic carbocycles. The van der Waals surface area contributed by atoms with Crippen LogP contribution in [0.4, 0.5) is 0 Å². The number of hydrogen-bond acceptors (Lipinski definition) is 4. The Bertz CT molecular complexity index is 201. The van der Waals surface area contributed by atoms with Crippen molar-refractivity contribution in [3.05, 3.63) is 0 Å². The average molecular weight is 331 g/mol. The minimum Gasteiger partial charge on any atom is -0.391 e. The van der Waals surface area contributed by atoms with E-state index >= 15 is 0 Å². The van der Waals surface area contributed by atoms with Gasteiger partial charge in [-0.1, -0.05) is 26.7 Å². The first-order valence-corrected chi connectivity index (χ1v) is 7.46. The third-order valence-electron chi connectivity index (χ3n) is 3.93. The number of aliphatic hydroxyl groups is 2. The van der Waals surface area contributed by atoms with Gasteiger partial charge in [0.25, 0.3) is 0 Å². The smallest absolute Gasteiger partial charge is 0.0704 e. The minimum absolute atomic E-state index is 0. The van der Waals surface area contributed by atoms with Gasteiger partial charge in [0.1, 0.15) is 0 Å². The summed E-state index contributed by atoms with van der Waals surface area (Å²) in [5.74, 6) is 1.05. The molecule has 2 fully saturated rings. The molecular weight excluding hydrogens is 299 g/mol. The van der Waals surface area contributed by atoms with E-state index in [2.05, 4.69) is 24.5 Å². The molecule has 2 saturated heterocycles. The summed E-state index contributed by atoms with van der Waals surface area (Å²) in [6.07, 6.45) is 4.53. The molecule has 0 aromatic rings. The molecule has 0 amide bonds. The summed E-state index contributed by atoms with van der Waals surface area (Å²) < 4.78 is 0. The van der Waals surface area contributed by atoms with E-state index < -0.39 is 0 Å². The summed E-state index contributed by atoms with van der Waals surface area (Å²) in [5, 5.41) is 24.8. The van der Waals surface area contributed by atoms with Crippen molar-refractivity contribution < 1.29 is 10.2 Å². The fourth-order valence-electron chi connectivity index (χ4n) is 2.77. The Balaban J connectivity index is 0. The Labute approximate surface area is 135 Å². The van der Waals surface area contributed by atoms with Crippen molar-refractivity contribution in [2.24, 2.45) is 11.8 Å². The lowest BCUT2D eigenvalue weighted by Crippen LogP contribution is -2.17. The van der Waals surface area contributed by atoms with Crippen molar-refractivity contribution in [3.63, 3.8) is 0 Å². The number of β-amino-alcohol motifs (C(OH)–C–C–N with tert-alkyl or cyclic N) is 2. The molecule has 0 aromatic heterocycles. The van der Waals surface area contributed by atoms with Crippen molar-refractivity contribution in [1.82, 2.24) is 10.6 Å². The maximum absolute atomic E-state index is 9.26. The van der Waals surface area contributed by atoms with Crippen LogP contribution in [0.2, 0.25) is 0 Å². The number of hydrogen-bond donors (Lipinski definition) is 4. The van der Waals surface area contributed by atoms with Gasteiger partial charge in [0, 0.05) is 26.2 Å². The summed E-state index contributed by atoms with van der Waals surface area (Å²) in [5.41, 5.74) is 0. The third kappa shape index (κ3) is 8.01. The summed E-state index contributed by atoms with van der Waals surface area (Å²) >= 11 is 0. The van der Waals surface area contributed by atoms with Crippen LogP contribution in [-0.4, -0.2) is 48.6 Å².